The molecule has 0 amide bonds. The minimum Gasteiger partial charge on any atom is -0.481 e. The van der Waals surface area contributed by atoms with Gasteiger partial charge in [0.2, 0.25) is 5.88 Å². The van der Waals surface area contributed by atoms with Crippen LogP contribution >= 0.6 is 0 Å². The molecule has 1 aromatic heterocycles. The first-order valence-electron chi connectivity index (χ1n) is 5.64. The van der Waals surface area contributed by atoms with Gasteiger partial charge in [0.1, 0.15) is 11.6 Å². The second-order valence-corrected chi connectivity index (χ2v) is 4.80. The summed E-state index contributed by atoms with van der Waals surface area (Å²) in [5.41, 5.74) is -0.0722. The Morgan fingerprint density at radius 1 is 1.31 bits per heavy atom. The van der Waals surface area contributed by atoms with E-state index in [0.29, 0.717) is 5.88 Å². The largest absolute Gasteiger partial charge is 0.481 e. The zero-order valence-corrected chi connectivity index (χ0v) is 10.8. The molecule has 90 valence electrons. The van der Waals surface area contributed by atoms with E-state index in [9.17, 15) is 0 Å². The minimum absolute atomic E-state index is 0.0722. The second-order valence-electron chi connectivity index (χ2n) is 4.80. The van der Waals surface area contributed by atoms with Gasteiger partial charge in [-0.15, -0.1) is 0 Å². The Labute approximate surface area is 97.5 Å². The van der Waals surface area contributed by atoms with Crippen LogP contribution in [0.3, 0.4) is 0 Å². The van der Waals surface area contributed by atoms with Gasteiger partial charge in [0.15, 0.2) is 0 Å². The molecule has 1 aromatic rings. The number of anilines is 1. The predicted octanol–water partition coefficient (Wildman–Crippen LogP) is 2.60. The van der Waals surface area contributed by atoms with Gasteiger partial charge in [0.05, 0.1) is 7.11 Å². The summed E-state index contributed by atoms with van der Waals surface area (Å²) in [6, 6.07) is 1.82. The zero-order valence-electron chi connectivity index (χ0n) is 10.8. The third-order valence-electron chi connectivity index (χ3n) is 2.14. The monoisotopic (exact) mass is 223 g/mol. The first-order chi connectivity index (χ1) is 7.47. The Bertz CT molecular complexity index is 345. The lowest BCUT2D eigenvalue weighted by molar-refractivity contribution is 0.389. The van der Waals surface area contributed by atoms with Crippen molar-refractivity contribution in [1.29, 1.82) is 0 Å². The Kier molecular flexibility index (Phi) is 4.10. The van der Waals surface area contributed by atoms with Crippen LogP contribution in [0.4, 0.5) is 5.82 Å². The lowest BCUT2D eigenvalue weighted by Gasteiger charge is -2.18. The van der Waals surface area contributed by atoms with Crippen molar-refractivity contribution in [1.82, 2.24) is 9.97 Å². The van der Waals surface area contributed by atoms with Crippen molar-refractivity contribution in [2.45, 2.75) is 39.5 Å². The fourth-order valence-corrected chi connectivity index (χ4v) is 1.21. The molecule has 0 bridgehead atoms. The van der Waals surface area contributed by atoms with Crippen LogP contribution in [0.25, 0.3) is 0 Å². The number of nitrogens with zero attached hydrogens (tertiary/aromatic N) is 2. The summed E-state index contributed by atoms with van der Waals surface area (Å²) in [7, 11) is 1.62. The number of hydrogen-bond donors (Lipinski definition) is 1. The number of rotatable bonds is 4. The molecule has 0 atom stereocenters. The summed E-state index contributed by atoms with van der Waals surface area (Å²) in [4.78, 5) is 8.85. The molecule has 16 heavy (non-hydrogen) atoms. The van der Waals surface area contributed by atoms with Crippen LogP contribution in [0, 0.1) is 0 Å². The second kappa shape index (κ2) is 5.14. The van der Waals surface area contributed by atoms with Crippen molar-refractivity contribution in [2.24, 2.45) is 0 Å². The summed E-state index contributed by atoms with van der Waals surface area (Å²) >= 11 is 0. The SMILES string of the molecule is CCCNc1cc(OC)nc(C(C)(C)C)n1. The first-order valence-corrected chi connectivity index (χ1v) is 5.64. The highest BCUT2D eigenvalue weighted by atomic mass is 16.5. The summed E-state index contributed by atoms with van der Waals surface area (Å²) in [5, 5.41) is 3.25. The van der Waals surface area contributed by atoms with E-state index in [1.807, 2.05) is 6.07 Å². The fraction of sp³-hybridized carbons (Fsp3) is 0.667. The average Bonchev–Trinajstić information content (AvgIpc) is 2.24. The van der Waals surface area contributed by atoms with Crippen molar-refractivity contribution >= 4 is 5.82 Å². The topological polar surface area (TPSA) is 47.0 Å². The van der Waals surface area contributed by atoms with Crippen LogP contribution in [0.2, 0.25) is 0 Å². The lowest BCUT2D eigenvalue weighted by Crippen LogP contribution is -2.17. The molecule has 0 fully saturated rings. The molecule has 0 radical (unpaired) electrons. The molecule has 4 heteroatoms. The number of methoxy groups -OCH3 is 1. The van der Waals surface area contributed by atoms with Crippen molar-refractivity contribution < 1.29 is 4.74 Å². The number of ether oxygens (including phenoxy) is 1. The van der Waals surface area contributed by atoms with Crippen molar-refractivity contribution in [3.05, 3.63) is 11.9 Å². The van der Waals surface area contributed by atoms with Crippen LogP contribution in [0.15, 0.2) is 6.07 Å². The van der Waals surface area contributed by atoms with Crippen LogP contribution in [-0.2, 0) is 5.41 Å². The predicted molar refractivity (Wildman–Crippen MR) is 66.1 cm³/mol. The minimum atomic E-state index is -0.0722. The fourth-order valence-electron chi connectivity index (χ4n) is 1.21. The highest BCUT2D eigenvalue weighted by Crippen LogP contribution is 2.22. The van der Waals surface area contributed by atoms with Crippen molar-refractivity contribution in [3.8, 4) is 5.88 Å². The van der Waals surface area contributed by atoms with Gasteiger partial charge in [-0.3, -0.25) is 0 Å². The molecule has 1 rings (SSSR count). The van der Waals surface area contributed by atoms with Gasteiger partial charge in [-0.25, -0.2) is 4.98 Å². The maximum Gasteiger partial charge on any atom is 0.218 e. The molecular weight excluding hydrogens is 202 g/mol. The maximum absolute atomic E-state index is 5.18. The molecule has 0 saturated carbocycles. The normalized spacial score (nSPS) is 11.3. The van der Waals surface area contributed by atoms with Gasteiger partial charge in [-0.1, -0.05) is 27.7 Å². The van der Waals surface area contributed by atoms with Crippen molar-refractivity contribution in [3.63, 3.8) is 0 Å². The summed E-state index contributed by atoms with van der Waals surface area (Å²) in [6.45, 7) is 9.29. The smallest absolute Gasteiger partial charge is 0.218 e. The van der Waals surface area contributed by atoms with Crippen LogP contribution < -0.4 is 10.1 Å². The highest BCUT2D eigenvalue weighted by Gasteiger charge is 2.19. The molecule has 0 aromatic carbocycles. The summed E-state index contributed by atoms with van der Waals surface area (Å²) in [5.74, 6) is 2.24. The Balaban J connectivity index is 3.01. The third kappa shape index (κ3) is 3.36. The number of nitrogens with one attached hydrogen (secondary N) is 1. The summed E-state index contributed by atoms with van der Waals surface area (Å²) in [6.07, 6.45) is 1.07. The van der Waals surface area contributed by atoms with Crippen LogP contribution in [0.5, 0.6) is 5.88 Å². The standard InChI is InChI=1S/C12H21N3O/c1-6-7-13-9-8-10(16-5)15-11(14-9)12(2,3)4/h8H,6-7H2,1-5H3,(H,13,14,15). The van der Waals surface area contributed by atoms with E-state index in [-0.39, 0.29) is 5.41 Å². The Morgan fingerprint density at radius 2 is 2.00 bits per heavy atom. The number of aromatic nitrogens is 2. The summed E-state index contributed by atoms with van der Waals surface area (Å²) < 4.78 is 5.18. The van der Waals surface area contributed by atoms with E-state index in [2.05, 4.69) is 43.0 Å². The molecule has 0 aliphatic carbocycles. The molecule has 0 saturated heterocycles. The van der Waals surface area contributed by atoms with Gasteiger partial charge in [-0.05, 0) is 6.42 Å². The quantitative estimate of drug-likeness (QED) is 0.852. The van der Waals surface area contributed by atoms with E-state index in [1.54, 1.807) is 7.11 Å². The zero-order chi connectivity index (χ0) is 12.2. The van der Waals surface area contributed by atoms with Crippen LogP contribution in [-0.4, -0.2) is 23.6 Å². The molecule has 0 unspecified atom stereocenters. The maximum atomic E-state index is 5.18. The van der Waals surface area contributed by atoms with E-state index in [1.165, 1.54) is 0 Å². The first kappa shape index (κ1) is 12.7. The number of hydrogen-bond acceptors (Lipinski definition) is 4. The molecule has 0 aliphatic heterocycles. The average molecular weight is 223 g/mol. The molecule has 1 heterocycles. The molecule has 1 N–H and O–H groups in total. The highest BCUT2D eigenvalue weighted by molar-refractivity contribution is 5.39. The molecule has 4 nitrogen and oxygen atoms in total. The Morgan fingerprint density at radius 3 is 2.50 bits per heavy atom. The van der Waals surface area contributed by atoms with E-state index in [4.69, 9.17) is 4.74 Å². The lowest BCUT2D eigenvalue weighted by atomic mass is 9.96. The molecule has 0 aliphatic rings. The van der Waals surface area contributed by atoms with Gasteiger partial charge >= 0.3 is 0 Å². The molecular formula is C12H21N3O. The van der Waals surface area contributed by atoms with Gasteiger partial charge in [0, 0.05) is 18.0 Å². The van der Waals surface area contributed by atoms with E-state index < -0.39 is 0 Å². The van der Waals surface area contributed by atoms with Crippen LogP contribution in [0.1, 0.15) is 39.9 Å². The van der Waals surface area contributed by atoms with Gasteiger partial charge < -0.3 is 10.1 Å². The van der Waals surface area contributed by atoms with E-state index >= 15 is 0 Å². The molecule has 0 spiro atoms. The van der Waals surface area contributed by atoms with Crippen molar-refractivity contribution in [2.75, 3.05) is 19.0 Å². The van der Waals surface area contributed by atoms with Gasteiger partial charge in [-0.2, -0.15) is 4.98 Å². The van der Waals surface area contributed by atoms with E-state index in [0.717, 1.165) is 24.6 Å². The van der Waals surface area contributed by atoms with Gasteiger partial charge in [0.25, 0.3) is 0 Å². The Hall–Kier alpha value is -1.32. The third-order valence-corrected chi connectivity index (χ3v) is 2.14.